The van der Waals surface area contributed by atoms with Crippen molar-refractivity contribution in [2.45, 2.75) is 18.1 Å². The highest BCUT2D eigenvalue weighted by molar-refractivity contribution is 7.98. The summed E-state index contributed by atoms with van der Waals surface area (Å²) in [6.45, 7) is 1.92. The van der Waals surface area contributed by atoms with Crippen LogP contribution in [0.5, 0.6) is 17.2 Å². The molecule has 7 nitrogen and oxygen atoms in total. The van der Waals surface area contributed by atoms with E-state index in [-0.39, 0.29) is 11.1 Å². The van der Waals surface area contributed by atoms with Crippen LogP contribution in [0.4, 0.5) is 0 Å². The molecule has 21 heavy (non-hydrogen) atoms. The lowest BCUT2D eigenvalue weighted by atomic mass is 10.3. The van der Waals surface area contributed by atoms with Gasteiger partial charge in [0.05, 0.1) is 20.0 Å². The number of nitrogens with zero attached hydrogens (tertiary/aromatic N) is 1. The number of methoxy groups -OCH3 is 2. The zero-order valence-electron chi connectivity index (χ0n) is 12.0. The Morgan fingerprint density at radius 3 is 2.67 bits per heavy atom. The Morgan fingerprint density at radius 2 is 2.05 bits per heavy atom. The largest absolute Gasteiger partial charge is 0.493 e. The standard InChI is InChI=1S/C13H17N3O4S/c1-8(21-7-12-14-13(17)16-15-12)20-9-4-5-10(18-2)11(6-9)19-3/h4-6,8H,7H2,1-3H3,(H2,14,15,16,17). The lowest BCUT2D eigenvalue weighted by Gasteiger charge is -2.15. The summed E-state index contributed by atoms with van der Waals surface area (Å²) in [7, 11) is 3.16. The van der Waals surface area contributed by atoms with Crippen LogP contribution in [0.3, 0.4) is 0 Å². The molecule has 0 saturated heterocycles. The second-order valence-corrected chi connectivity index (χ2v) is 5.42. The highest BCUT2D eigenvalue weighted by Crippen LogP contribution is 2.32. The third kappa shape index (κ3) is 4.19. The van der Waals surface area contributed by atoms with Crippen molar-refractivity contribution in [3.05, 3.63) is 34.5 Å². The van der Waals surface area contributed by atoms with Crippen molar-refractivity contribution >= 4 is 11.8 Å². The summed E-state index contributed by atoms with van der Waals surface area (Å²) in [5, 5.41) is 6.16. The highest BCUT2D eigenvalue weighted by Gasteiger charge is 2.10. The van der Waals surface area contributed by atoms with E-state index in [0.717, 1.165) is 0 Å². The Kier molecular flexibility index (Phi) is 5.15. The summed E-state index contributed by atoms with van der Waals surface area (Å²) < 4.78 is 16.2. The topological polar surface area (TPSA) is 89.2 Å². The van der Waals surface area contributed by atoms with Gasteiger partial charge in [-0.15, -0.1) is 11.8 Å². The van der Waals surface area contributed by atoms with E-state index in [1.165, 1.54) is 11.8 Å². The Bertz CT molecular complexity index is 640. The maximum absolute atomic E-state index is 10.9. The number of nitrogens with one attached hydrogen (secondary N) is 2. The van der Waals surface area contributed by atoms with Gasteiger partial charge in [0.1, 0.15) is 17.0 Å². The molecule has 1 aromatic carbocycles. The van der Waals surface area contributed by atoms with E-state index in [2.05, 4.69) is 15.2 Å². The normalized spacial score (nSPS) is 12.0. The molecule has 0 radical (unpaired) electrons. The Morgan fingerprint density at radius 1 is 1.29 bits per heavy atom. The van der Waals surface area contributed by atoms with E-state index in [0.29, 0.717) is 28.8 Å². The second kappa shape index (κ2) is 7.07. The van der Waals surface area contributed by atoms with Crippen molar-refractivity contribution in [2.75, 3.05) is 14.2 Å². The molecule has 1 heterocycles. The maximum Gasteiger partial charge on any atom is 0.340 e. The number of hydrogen-bond donors (Lipinski definition) is 2. The molecular weight excluding hydrogens is 294 g/mol. The molecule has 8 heteroatoms. The summed E-state index contributed by atoms with van der Waals surface area (Å²) in [6.07, 6.45) is 0. The number of ether oxygens (including phenoxy) is 3. The van der Waals surface area contributed by atoms with Gasteiger partial charge in [-0.25, -0.2) is 9.89 Å². The molecule has 0 amide bonds. The second-order valence-electron chi connectivity index (χ2n) is 4.14. The zero-order chi connectivity index (χ0) is 15.2. The molecular formula is C13H17N3O4S. The van der Waals surface area contributed by atoms with Gasteiger partial charge in [-0.05, 0) is 19.1 Å². The first-order valence-corrected chi connectivity index (χ1v) is 7.31. The summed E-state index contributed by atoms with van der Waals surface area (Å²) >= 11 is 1.51. The van der Waals surface area contributed by atoms with Crippen LogP contribution < -0.4 is 19.9 Å². The summed E-state index contributed by atoms with van der Waals surface area (Å²) in [5.41, 5.74) is -0.414. The molecule has 2 N–H and O–H groups in total. The van der Waals surface area contributed by atoms with Crippen LogP contribution in [0, 0.1) is 0 Å². The molecule has 0 aliphatic carbocycles. The number of aromatic nitrogens is 3. The predicted molar refractivity (Wildman–Crippen MR) is 80.1 cm³/mol. The average Bonchev–Trinajstić information content (AvgIpc) is 2.90. The molecule has 0 bridgehead atoms. The SMILES string of the molecule is COc1ccc(OC(C)SCc2n[nH]c(=O)[nH]2)cc1OC. The first kappa shape index (κ1) is 15.3. The zero-order valence-corrected chi connectivity index (χ0v) is 12.8. The summed E-state index contributed by atoms with van der Waals surface area (Å²) in [4.78, 5) is 13.5. The first-order valence-electron chi connectivity index (χ1n) is 6.26. The smallest absolute Gasteiger partial charge is 0.340 e. The van der Waals surface area contributed by atoms with Gasteiger partial charge in [0.2, 0.25) is 0 Å². The van der Waals surface area contributed by atoms with Crippen LogP contribution in [0.1, 0.15) is 12.7 Å². The van der Waals surface area contributed by atoms with Crippen LogP contribution in [-0.2, 0) is 5.75 Å². The predicted octanol–water partition coefficient (Wildman–Crippen LogP) is 1.77. The van der Waals surface area contributed by atoms with E-state index in [1.807, 2.05) is 13.0 Å². The van der Waals surface area contributed by atoms with Gasteiger partial charge in [-0.2, -0.15) is 5.10 Å². The van der Waals surface area contributed by atoms with Crippen LogP contribution >= 0.6 is 11.8 Å². The lowest BCUT2D eigenvalue weighted by Crippen LogP contribution is -2.08. The van der Waals surface area contributed by atoms with Crippen LogP contribution in [0.15, 0.2) is 23.0 Å². The Balaban J connectivity index is 1.92. The van der Waals surface area contributed by atoms with Gasteiger partial charge in [0.15, 0.2) is 11.5 Å². The number of aromatic amines is 2. The van der Waals surface area contributed by atoms with Crippen LogP contribution in [0.2, 0.25) is 0 Å². The van der Waals surface area contributed by atoms with Crippen molar-refractivity contribution in [2.24, 2.45) is 0 Å². The number of thioether (sulfide) groups is 1. The summed E-state index contributed by atoms with van der Waals surface area (Å²) in [5.74, 6) is 3.09. The van der Waals surface area contributed by atoms with Gasteiger partial charge < -0.3 is 14.2 Å². The highest BCUT2D eigenvalue weighted by atomic mass is 32.2. The van der Waals surface area contributed by atoms with E-state index in [1.54, 1.807) is 26.4 Å². The number of benzene rings is 1. The van der Waals surface area contributed by atoms with Gasteiger partial charge >= 0.3 is 5.69 Å². The Hall–Kier alpha value is -2.09. The molecule has 0 spiro atoms. The van der Waals surface area contributed by atoms with Gasteiger partial charge in [-0.1, -0.05) is 0 Å². The van der Waals surface area contributed by atoms with Crippen molar-refractivity contribution in [3.8, 4) is 17.2 Å². The third-order valence-corrected chi connectivity index (χ3v) is 3.67. The first-order chi connectivity index (χ1) is 10.1. The molecule has 1 atom stereocenters. The molecule has 1 unspecified atom stereocenters. The molecule has 2 rings (SSSR count). The lowest BCUT2D eigenvalue weighted by molar-refractivity contribution is 0.301. The fourth-order valence-electron chi connectivity index (χ4n) is 1.69. The average molecular weight is 311 g/mol. The van der Waals surface area contributed by atoms with Gasteiger partial charge in [0.25, 0.3) is 0 Å². The third-order valence-electron chi connectivity index (χ3n) is 2.66. The van der Waals surface area contributed by atoms with Crippen molar-refractivity contribution < 1.29 is 14.2 Å². The maximum atomic E-state index is 10.9. The van der Waals surface area contributed by atoms with E-state index >= 15 is 0 Å². The fraction of sp³-hybridized carbons (Fsp3) is 0.385. The minimum Gasteiger partial charge on any atom is -0.493 e. The number of hydrogen-bond acceptors (Lipinski definition) is 6. The number of H-pyrrole nitrogens is 2. The molecule has 1 aromatic heterocycles. The van der Waals surface area contributed by atoms with E-state index < -0.39 is 0 Å². The number of rotatable bonds is 7. The van der Waals surface area contributed by atoms with Crippen molar-refractivity contribution in [1.29, 1.82) is 0 Å². The molecule has 114 valence electrons. The van der Waals surface area contributed by atoms with Crippen molar-refractivity contribution in [1.82, 2.24) is 15.2 Å². The van der Waals surface area contributed by atoms with Gasteiger partial charge in [0, 0.05) is 6.07 Å². The minimum atomic E-state index is -0.306. The molecule has 0 fully saturated rings. The van der Waals surface area contributed by atoms with Crippen LogP contribution in [-0.4, -0.2) is 34.8 Å². The van der Waals surface area contributed by atoms with Gasteiger partial charge in [-0.3, -0.25) is 4.98 Å². The fourth-order valence-corrected chi connectivity index (χ4v) is 2.39. The van der Waals surface area contributed by atoms with E-state index in [9.17, 15) is 4.79 Å². The monoisotopic (exact) mass is 311 g/mol. The summed E-state index contributed by atoms with van der Waals surface area (Å²) in [6, 6.07) is 5.37. The van der Waals surface area contributed by atoms with Crippen LogP contribution in [0.25, 0.3) is 0 Å². The minimum absolute atomic E-state index is 0.108. The van der Waals surface area contributed by atoms with Crippen molar-refractivity contribution in [3.63, 3.8) is 0 Å². The molecule has 0 aliphatic heterocycles. The van der Waals surface area contributed by atoms with E-state index in [4.69, 9.17) is 14.2 Å². The Labute approximate surface area is 126 Å². The molecule has 0 aliphatic rings. The molecule has 2 aromatic rings. The quantitative estimate of drug-likeness (QED) is 0.758. The molecule has 0 saturated carbocycles.